The lowest BCUT2D eigenvalue weighted by molar-refractivity contribution is -0.131. The molecule has 3 heterocycles. The summed E-state index contributed by atoms with van der Waals surface area (Å²) in [6.45, 7) is 4.58. The fourth-order valence-corrected chi connectivity index (χ4v) is 5.05. The van der Waals surface area contributed by atoms with Crippen LogP contribution < -0.4 is 5.32 Å². The van der Waals surface area contributed by atoms with Crippen LogP contribution in [0, 0.1) is 13.8 Å². The maximum Gasteiger partial charge on any atom is 0.249 e. The summed E-state index contributed by atoms with van der Waals surface area (Å²) in [4.78, 5) is 12.2. The highest BCUT2D eigenvalue weighted by atomic mass is 32.2. The molecule has 1 unspecified atom stereocenters. The molecule has 1 aromatic rings. The summed E-state index contributed by atoms with van der Waals surface area (Å²) in [6.07, 6.45) is 2.48. The third kappa shape index (κ3) is 3.33. The van der Waals surface area contributed by atoms with Gasteiger partial charge in [-0.1, -0.05) is 5.16 Å². The van der Waals surface area contributed by atoms with Gasteiger partial charge in [0.15, 0.2) is 5.76 Å². The lowest BCUT2D eigenvalue weighted by Crippen LogP contribution is -2.48. The zero-order valence-electron chi connectivity index (χ0n) is 13.9. The van der Waals surface area contributed by atoms with Gasteiger partial charge >= 0.3 is 0 Å². The fraction of sp³-hybridized carbons (Fsp3) is 0.733. The van der Waals surface area contributed by atoms with Crippen molar-refractivity contribution in [1.29, 1.82) is 0 Å². The first-order chi connectivity index (χ1) is 11.4. The normalized spacial score (nSPS) is 23.5. The number of rotatable bonds is 4. The Morgan fingerprint density at radius 3 is 2.50 bits per heavy atom. The number of amides is 1. The van der Waals surface area contributed by atoms with Gasteiger partial charge in [-0.15, -0.1) is 0 Å². The topological polar surface area (TPSA) is 102 Å². The van der Waals surface area contributed by atoms with Gasteiger partial charge in [0.25, 0.3) is 0 Å². The van der Waals surface area contributed by atoms with Gasteiger partial charge in [-0.05, 0) is 39.5 Å². The first kappa shape index (κ1) is 17.4. The Bertz CT molecular complexity index is 681. The van der Waals surface area contributed by atoms with Gasteiger partial charge in [-0.3, -0.25) is 4.79 Å². The number of sulfonamides is 1. The number of carbonyl (C=O) groups excluding carboxylic acids is 1. The van der Waals surface area contributed by atoms with Crippen molar-refractivity contribution in [3.8, 4) is 0 Å². The molecular weight excluding hydrogens is 334 g/mol. The van der Waals surface area contributed by atoms with Crippen LogP contribution in [-0.2, 0) is 19.6 Å². The van der Waals surface area contributed by atoms with Gasteiger partial charge in [0.05, 0.1) is 0 Å². The van der Waals surface area contributed by atoms with Crippen molar-refractivity contribution >= 4 is 15.9 Å². The largest absolute Gasteiger partial charge is 0.368 e. The molecule has 0 radical (unpaired) electrons. The van der Waals surface area contributed by atoms with Crippen molar-refractivity contribution in [2.24, 2.45) is 0 Å². The van der Waals surface area contributed by atoms with Crippen LogP contribution in [0.25, 0.3) is 0 Å². The summed E-state index contributed by atoms with van der Waals surface area (Å²) >= 11 is 0. The first-order valence-electron chi connectivity index (χ1n) is 8.24. The summed E-state index contributed by atoms with van der Waals surface area (Å²) in [7, 11) is -3.61. The number of aromatic nitrogens is 1. The van der Waals surface area contributed by atoms with Crippen LogP contribution in [0.15, 0.2) is 9.42 Å². The number of nitrogens with one attached hydrogen (secondary N) is 1. The third-order valence-electron chi connectivity index (χ3n) is 4.59. The molecule has 3 rings (SSSR count). The second kappa shape index (κ2) is 6.81. The Labute approximate surface area is 141 Å². The maximum atomic E-state index is 12.7. The van der Waals surface area contributed by atoms with Crippen LogP contribution in [0.4, 0.5) is 0 Å². The van der Waals surface area contributed by atoms with Gasteiger partial charge in [-0.25, -0.2) is 8.42 Å². The fourth-order valence-electron chi connectivity index (χ4n) is 3.29. The molecule has 2 fully saturated rings. The molecule has 1 amide bonds. The molecule has 1 atom stereocenters. The van der Waals surface area contributed by atoms with Crippen molar-refractivity contribution < 1.29 is 22.5 Å². The average molecular weight is 357 g/mol. The molecule has 134 valence electrons. The Kier molecular flexibility index (Phi) is 4.93. The highest BCUT2D eigenvalue weighted by molar-refractivity contribution is 7.89. The van der Waals surface area contributed by atoms with E-state index in [1.807, 2.05) is 0 Å². The smallest absolute Gasteiger partial charge is 0.249 e. The van der Waals surface area contributed by atoms with E-state index in [0.717, 1.165) is 12.8 Å². The second-order valence-corrected chi connectivity index (χ2v) is 8.22. The van der Waals surface area contributed by atoms with Gasteiger partial charge in [-0.2, -0.15) is 4.31 Å². The molecule has 0 saturated carbocycles. The van der Waals surface area contributed by atoms with E-state index in [4.69, 9.17) is 9.26 Å². The predicted molar refractivity (Wildman–Crippen MR) is 84.9 cm³/mol. The Hall–Kier alpha value is -1.45. The van der Waals surface area contributed by atoms with E-state index < -0.39 is 10.0 Å². The lowest BCUT2D eigenvalue weighted by Gasteiger charge is -2.31. The molecular formula is C15H23N3O5S. The molecule has 8 nitrogen and oxygen atoms in total. The monoisotopic (exact) mass is 357 g/mol. The van der Waals surface area contributed by atoms with Crippen LogP contribution in [0.5, 0.6) is 0 Å². The highest BCUT2D eigenvalue weighted by Crippen LogP contribution is 2.26. The number of hydrogen-bond donors (Lipinski definition) is 1. The number of nitrogens with zero attached hydrogens (tertiary/aromatic N) is 2. The zero-order valence-corrected chi connectivity index (χ0v) is 14.8. The predicted octanol–water partition coefficient (Wildman–Crippen LogP) is 0.740. The van der Waals surface area contributed by atoms with E-state index in [1.54, 1.807) is 13.8 Å². The third-order valence-corrected chi connectivity index (χ3v) is 6.73. The molecule has 0 aromatic carbocycles. The molecule has 1 N–H and O–H groups in total. The van der Waals surface area contributed by atoms with E-state index in [9.17, 15) is 13.2 Å². The van der Waals surface area contributed by atoms with Crippen molar-refractivity contribution in [2.45, 2.75) is 56.6 Å². The average Bonchev–Trinajstić information content (AvgIpc) is 3.18. The number of aryl methyl sites for hydroxylation is 2. The van der Waals surface area contributed by atoms with Crippen molar-refractivity contribution in [3.63, 3.8) is 0 Å². The van der Waals surface area contributed by atoms with Gasteiger partial charge in [0, 0.05) is 25.7 Å². The van der Waals surface area contributed by atoms with Gasteiger partial charge in [0.2, 0.25) is 15.9 Å². The van der Waals surface area contributed by atoms with Gasteiger partial charge in [0.1, 0.15) is 16.7 Å². The summed E-state index contributed by atoms with van der Waals surface area (Å²) in [5, 5.41) is 6.70. The summed E-state index contributed by atoms with van der Waals surface area (Å²) in [5.74, 6) is 0.223. The highest BCUT2D eigenvalue weighted by Gasteiger charge is 2.35. The first-order valence-corrected chi connectivity index (χ1v) is 9.68. The number of carbonyl (C=O) groups is 1. The molecule has 0 bridgehead atoms. The second-order valence-electron chi connectivity index (χ2n) is 6.34. The minimum absolute atomic E-state index is 0.0159. The van der Waals surface area contributed by atoms with E-state index in [0.29, 0.717) is 44.0 Å². The molecule has 24 heavy (non-hydrogen) atoms. The lowest BCUT2D eigenvalue weighted by atomic mass is 10.1. The molecule has 0 aliphatic carbocycles. The number of ether oxygens (including phenoxy) is 1. The number of hydrogen-bond acceptors (Lipinski definition) is 6. The summed E-state index contributed by atoms with van der Waals surface area (Å²) in [6, 6.07) is -0.0159. The van der Waals surface area contributed by atoms with Crippen LogP contribution in [0.1, 0.15) is 37.1 Å². The Balaban J connectivity index is 1.59. The van der Waals surface area contributed by atoms with E-state index in [1.165, 1.54) is 4.31 Å². The zero-order chi connectivity index (χ0) is 17.3. The van der Waals surface area contributed by atoms with Crippen molar-refractivity contribution in [3.05, 3.63) is 11.5 Å². The van der Waals surface area contributed by atoms with Crippen LogP contribution in [0.2, 0.25) is 0 Å². The molecule has 2 saturated heterocycles. The van der Waals surface area contributed by atoms with Crippen molar-refractivity contribution in [2.75, 3.05) is 19.7 Å². The summed E-state index contributed by atoms with van der Waals surface area (Å²) < 4.78 is 37.3. The molecule has 2 aliphatic rings. The quantitative estimate of drug-likeness (QED) is 0.853. The van der Waals surface area contributed by atoms with Gasteiger partial charge < -0.3 is 14.6 Å². The Morgan fingerprint density at radius 2 is 1.96 bits per heavy atom. The van der Waals surface area contributed by atoms with Crippen molar-refractivity contribution in [1.82, 2.24) is 14.8 Å². The maximum absolute atomic E-state index is 12.7. The molecule has 1 aromatic heterocycles. The standard InChI is InChI=1S/C15H23N3O5S/c1-10-14(11(2)23-17-10)24(20,21)18-7-5-12(6-8-18)16-15(19)13-4-3-9-22-13/h12-13H,3-9H2,1-2H3,(H,16,19). The Morgan fingerprint density at radius 1 is 1.25 bits per heavy atom. The van der Waals surface area contributed by atoms with Crippen LogP contribution in [-0.4, -0.2) is 55.6 Å². The summed E-state index contributed by atoms with van der Waals surface area (Å²) in [5.41, 5.74) is 0.376. The number of piperidine rings is 1. The van der Waals surface area contributed by atoms with E-state index in [-0.39, 0.29) is 22.9 Å². The van der Waals surface area contributed by atoms with E-state index >= 15 is 0 Å². The van der Waals surface area contributed by atoms with Crippen LogP contribution in [0.3, 0.4) is 0 Å². The molecule has 9 heteroatoms. The molecule has 0 spiro atoms. The minimum Gasteiger partial charge on any atom is -0.368 e. The van der Waals surface area contributed by atoms with Crippen LogP contribution >= 0.6 is 0 Å². The SMILES string of the molecule is Cc1noc(C)c1S(=O)(=O)N1CCC(NC(=O)C2CCCO2)CC1. The van der Waals surface area contributed by atoms with E-state index in [2.05, 4.69) is 10.5 Å². The minimum atomic E-state index is -3.61. The molecule has 2 aliphatic heterocycles.